The molecule has 186 valence electrons. The average Bonchev–Trinajstić information content (AvgIpc) is 3.07. The maximum Gasteiger partial charge on any atom is 0.330 e. The summed E-state index contributed by atoms with van der Waals surface area (Å²) >= 11 is 12.1. The lowest BCUT2D eigenvalue weighted by Crippen LogP contribution is -2.43. The van der Waals surface area contributed by atoms with Crippen molar-refractivity contribution >= 4 is 29.1 Å². The Hall–Kier alpha value is -2.60. The molecule has 1 aromatic carbocycles. The van der Waals surface area contributed by atoms with Gasteiger partial charge in [-0.1, -0.05) is 30.1 Å². The molecule has 13 heteroatoms. The number of methoxy groups -OCH3 is 1. The third-order valence-corrected chi connectivity index (χ3v) is 5.94. The molecule has 1 fully saturated rings. The van der Waals surface area contributed by atoms with Crippen molar-refractivity contribution < 1.29 is 28.5 Å². The van der Waals surface area contributed by atoms with Crippen molar-refractivity contribution in [1.82, 2.24) is 14.9 Å². The van der Waals surface area contributed by atoms with E-state index in [4.69, 9.17) is 37.4 Å². The molecule has 0 unspecified atom stereocenters. The molecule has 0 radical (unpaired) electrons. The molecule has 0 bridgehead atoms. The topological polar surface area (TPSA) is 132 Å². The number of nitrogens with zero attached hydrogens (tertiary/aromatic N) is 1. The third-order valence-electron chi connectivity index (χ3n) is 5.35. The van der Waals surface area contributed by atoms with Crippen molar-refractivity contribution in [3.8, 4) is 11.5 Å². The molecule has 10 nitrogen and oxygen atoms in total. The Kier molecular flexibility index (Phi) is 8.24. The first kappa shape index (κ1) is 26.0. The molecular weight excluding hydrogens is 496 g/mol. The second-order valence-corrected chi connectivity index (χ2v) is 8.41. The first-order chi connectivity index (χ1) is 16.1. The largest absolute Gasteiger partial charge is 0.495 e. The highest BCUT2D eigenvalue weighted by Gasteiger charge is 2.45. The summed E-state index contributed by atoms with van der Waals surface area (Å²) in [5, 5.41) is 13.2. The lowest BCUT2D eigenvalue weighted by Gasteiger charge is -2.19. The lowest BCUT2D eigenvalue weighted by molar-refractivity contribution is -0.128. The van der Waals surface area contributed by atoms with Crippen molar-refractivity contribution in [2.75, 3.05) is 13.7 Å². The SMILES string of the molecule is CCc1cn([C@@H]2O[C@H](CNC(=O)[C@H](C)Oc3cc(OC)c(Cl)cc3Cl)[C@@H](O)[C@@H]2F)c(=O)[nH]c1=O. The van der Waals surface area contributed by atoms with Crippen molar-refractivity contribution in [3.05, 3.63) is 54.8 Å². The van der Waals surface area contributed by atoms with Gasteiger partial charge in [0.2, 0.25) is 0 Å². The highest BCUT2D eigenvalue weighted by Crippen LogP contribution is 2.36. The first-order valence-electron chi connectivity index (χ1n) is 10.4. The summed E-state index contributed by atoms with van der Waals surface area (Å²) in [5.41, 5.74) is -1.19. The van der Waals surface area contributed by atoms with Gasteiger partial charge in [0, 0.05) is 24.4 Å². The van der Waals surface area contributed by atoms with Crippen LogP contribution in [0.25, 0.3) is 0 Å². The van der Waals surface area contributed by atoms with Gasteiger partial charge in [-0.3, -0.25) is 19.1 Å². The summed E-state index contributed by atoms with van der Waals surface area (Å²) in [7, 11) is 1.41. The number of aliphatic hydroxyl groups excluding tert-OH is 1. The van der Waals surface area contributed by atoms with Crippen LogP contribution in [0.15, 0.2) is 27.9 Å². The fraction of sp³-hybridized carbons (Fsp3) is 0.476. The van der Waals surface area contributed by atoms with Crippen molar-refractivity contribution in [2.24, 2.45) is 0 Å². The molecule has 0 saturated carbocycles. The summed E-state index contributed by atoms with van der Waals surface area (Å²) < 4.78 is 31.8. The monoisotopic (exact) mass is 519 g/mol. The van der Waals surface area contributed by atoms with Gasteiger partial charge in [-0.2, -0.15) is 0 Å². The van der Waals surface area contributed by atoms with Gasteiger partial charge in [0.15, 0.2) is 18.5 Å². The van der Waals surface area contributed by atoms with E-state index in [-0.39, 0.29) is 27.9 Å². The van der Waals surface area contributed by atoms with Crippen molar-refractivity contribution in [2.45, 2.75) is 51.0 Å². The van der Waals surface area contributed by atoms with Gasteiger partial charge in [0.25, 0.3) is 11.5 Å². The highest BCUT2D eigenvalue weighted by molar-refractivity contribution is 6.36. The second-order valence-electron chi connectivity index (χ2n) is 7.60. The van der Waals surface area contributed by atoms with E-state index in [0.717, 1.165) is 4.57 Å². The van der Waals surface area contributed by atoms with Gasteiger partial charge in [0.05, 0.1) is 17.2 Å². The molecule has 3 N–H and O–H groups in total. The number of amides is 1. The number of carbonyl (C=O) groups is 1. The number of aryl methyl sites for hydroxylation is 1. The van der Waals surface area contributed by atoms with Gasteiger partial charge in [-0.05, 0) is 19.4 Å². The summed E-state index contributed by atoms with van der Waals surface area (Å²) in [6.45, 7) is 2.90. The van der Waals surface area contributed by atoms with Crippen molar-refractivity contribution in [1.29, 1.82) is 0 Å². The van der Waals surface area contributed by atoms with Crippen LogP contribution in [0.4, 0.5) is 4.39 Å². The Morgan fingerprint density at radius 1 is 1.32 bits per heavy atom. The van der Waals surface area contributed by atoms with Crippen LogP contribution in [0.5, 0.6) is 11.5 Å². The Morgan fingerprint density at radius 2 is 2.00 bits per heavy atom. The molecule has 3 rings (SSSR count). The van der Waals surface area contributed by atoms with Crippen LogP contribution >= 0.6 is 23.2 Å². The van der Waals surface area contributed by atoms with Crippen LogP contribution in [0.2, 0.25) is 10.0 Å². The Morgan fingerprint density at radius 3 is 2.65 bits per heavy atom. The molecule has 2 heterocycles. The van der Waals surface area contributed by atoms with E-state index in [1.807, 2.05) is 0 Å². The van der Waals surface area contributed by atoms with Crippen LogP contribution < -0.4 is 26.0 Å². The van der Waals surface area contributed by atoms with Crippen LogP contribution in [-0.2, 0) is 16.0 Å². The maximum atomic E-state index is 14.8. The van der Waals surface area contributed by atoms with Gasteiger partial charge < -0.3 is 24.6 Å². The molecule has 5 atom stereocenters. The summed E-state index contributed by atoms with van der Waals surface area (Å²) in [5.74, 6) is -0.121. The fourth-order valence-electron chi connectivity index (χ4n) is 3.41. The maximum absolute atomic E-state index is 14.8. The number of halogens is 3. The molecule has 1 aliphatic rings. The number of carbonyl (C=O) groups excluding carboxylic acids is 1. The number of ether oxygens (including phenoxy) is 3. The number of hydrogen-bond donors (Lipinski definition) is 3. The minimum Gasteiger partial charge on any atom is -0.495 e. The number of benzene rings is 1. The van der Waals surface area contributed by atoms with Gasteiger partial charge in [0.1, 0.15) is 23.7 Å². The zero-order valence-corrected chi connectivity index (χ0v) is 20.0. The first-order valence-corrected chi connectivity index (χ1v) is 11.1. The number of H-pyrrole nitrogens is 1. The minimum atomic E-state index is -1.97. The Labute approximate surface area is 203 Å². The number of hydrogen-bond acceptors (Lipinski definition) is 7. The smallest absolute Gasteiger partial charge is 0.330 e. The van der Waals surface area contributed by atoms with Crippen LogP contribution in [0.1, 0.15) is 25.6 Å². The number of aromatic nitrogens is 2. The average molecular weight is 520 g/mol. The molecule has 1 aromatic heterocycles. The quantitative estimate of drug-likeness (QED) is 0.482. The van der Waals surface area contributed by atoms with E-state index in [9.17, 15) is 23.9 Å². The van der Waals surface area contributed by atoms with Crippen molar-refractivity contribution in [3.63, 3.8) is 0 Å². The summed E-state index contributed by atoms with van der Waals surface area (Å²) in [6, 6.07) is 2.85. The summed E-state index contributed by atoms with van der Waals surface area (Å²) in [6.07, 6.45) is -5.73. The summed E-state index contributed by atoms with van der Waals surface area (Å²) in [4.78, 5) is 38.5. The number of rotatable bonds is 8. The third kappa shape index (κ3) is 5.38. The van der Waals surface area contributed by atoms with Crippen LogP contribution in [-0.4, -0.2) is 58.7 Å². The van der Waals surface area contributed by atoms with E-state index in [1.165, 1.54) is 32.4 Å². The fourth-order valence-corrected chi connectivity index (χ4v) is 3.92. The van der Waals surface area contributed by atoms with Gasteiger partial charge >= 0.3 is 5.69 Å². The molecule has 1 aliphatic heterocycles. The van der Waals surface area contributed by atoms with Gasteiger partial charge in [-0.15, -0.1) is 0 Å². The molecule has 1 amide bonds. The second kappa shape index (κ2) is 10.8. The molecule has 2 aromatic rings. The zero-order chi connectivity index (χ0) is 25.2. The van der Waals surface area contributed by atoms with Gasteiger partial charge in [-0.25, -0.2) is 9.18 Å². The normalized spacial score (nSPS) is 22.9. The molecule has 0 aliphatic carbocycles. The zero-order valence-electron chi connectivity index (χ0n) is 18.5. The highest BCUT2D eigenvalue weighted by atomic mass is 35.5. The number of nitrogens with one attached hydrogen (secondary N) is 2. The predicted octanol–water partition coefficient (Wildman–Crippen LogP) is 1.59. The minimum absolute atomic E-state index is 0.163. The van der Waals surface area contributed by atoms with Crippen LogP contribution in [0.3, 0.4) is 0 Å². The van der Waals surface area contributed by atoms with E-state index in [0.29, 0.717) is 12.2 Å². The standard InChI is InChI=1S/C21H24Cl2FN3O7/c1-4-10-8-27(21(31)26-19(10)30)20-16(24)17(28)15(34-20)7-25-18(29)9(2)33-14-6-13(32-3)11(22)5-12(14)23/h5-6,8-9,15-17,20,28H,4,7H2,1-3H3,(H,25,29)(H,26,30,31)/t9-,15+,16-,17+,20+/m0/s1. The number of aliphatic hydroxyl groups is 1. The number of aromatic amines is 1. The number of alkyl halides is 1. The van der Waals surface area contributed by atoms with E-state index in [1.54, 1.807) is 6.92 Å². The van der Waals surface area contributed by atoms with E-state index in [2.05, 4.69) is 10.3 Å². The Bertz CT molecular complexity index is 1170. The predicted molar refractivity (Wildman–Crippen MR) is 122 cm³/mol. The van der Waals surface area contributed by atoms with E-state index >= 15 is 0 Å². The molecular formula is C21H24Cl2FN3O7. The molecule has 0 spiro atoms. The lowest BCUT2D eigenvalue weighted by atomic mass is 10.1. The molecule has 1 saturated heterocycles. The Balaban J connectivity index is 1.65. The van der Waals surface area contributed by atoms with E-state index < -0.39 is 47.9 Å². The molecule has 34 heavy (non-hydrogen) atoms. The van der Waals surface area contributed by atoms with Crippen LogP contribution in [0, 0.1) is 0 Å².